The highest BCUT2D eigenvalue weighted by atomic mass is 16.5. The molecule has 1 aliphatic heterocycles. The van der Waals surface area contributed by atoms with Crippen LogP contribution >= 0.6 is 0 Å². The first-order valence-electron chi connectivity index (χ1n) is 10.4. The van der Waals surface area contributed by atoms with E-state index in [9.17, 15) is 5.26 Å². The van der Waals surface area contributed by atoms with E-state index in [1.54, 1.807) is 25.3 Å². The van der Waals surface area contributed by atoms with Crippen LogP contribution in [0.15, 0.2) is 47.5 Å². The van der Waals surface area contributed by atoms with Gasteiger partial charge in [0.15, 0.2) is 17.7 Å². The first-order valence-corrected chi connectivity index (χ1v) is 10.4. The first-order chi connectivity index (χ1) is 17.0. The summed E-state index contributed by atoms with van der Waals surface area (Å²) in [6.07, 6.45) is 1.82. The molecule has 176 valence electrons. The molecule has 2 aromatic carbocycles. The van der Waals surface area contributed by atoms with Crippen molar-refractivity contribution in [3.8, 4) is 29.5 Å². The second-order valence-electron chi connectivity index (χ2n) is 7.45. The van der Waals surface area contributed by atoms with Gasteiger partial charge in [-0.1, -0.05) is 18.2 Å². The van der Waals surface area contributed by atoms with Gasteiger partial charge in [0, 0.05) is 5.56 Å². The number of hydrogen-bond acceptors (Lipinski definition) is 11. The van der Waals surface area contributed by atoms with Gasteiger partial charge in [-0.05, 0) is 35.4 Å². The van der Waals surface area contributed by atoms with E-state index in [4.69, 9.17) is 30.9 Å². The number of hydrogen-bond donors (Lipinski definition) is 4. The number of methoxy groups -OCH3 is 2. The van der Waals surface area contributed by atoms with Crippen LogP contribution in [0.1, 0.15) is 28.3 Å². The van der Waals surface area contributed by atoms with Crippen molar-refractivity contribution in [2.45, 2.75) is 12.6 Å². The van der Waals surface area contributed by atoms with E-state index in [2.05, 4.69) is 20.6 Å². The first kappa shape index (κ1) is 23.0. The van der Waals surface area contributed by atoms with Gasteiger partial charge in [-0.2, -0.15) is 10.5 Å². The van der Waals surface area contributed by atoms with Crippen molar-refractivity contribution < 1.29 is 14.2 Å². The van der Waals surface area contributed by atoms with Gasteiger partial charge in [0.25, 0.3) is 0 Å². The Morgan fingerprint density at radius 1 is 1.09 bits per heavy atom. The zero-order valence-corrected chi connectivity index (χ0v) is 19.0. The second-order valence-corrected chi connectivity index (χ2v) is 7.45. The highest BCUT2D eigenvalue weighted by Gasteiger charge is 2.30. The summed E-state index contributed by atoms with van der Waals surface area (Å²) in [5.74, 6) is 2.17. The van der Waals surface area contributed by atoms with Gasteiger partial charge in [0.1, 0.15) is 41.7 Å². The lowest BCUT2D eigenvalue weighted by Crippen LogP contribution is -2.32. The van der Waals surface area contributed by atoms with Crippen molar-refractivity contribution in [1.29, 1.82) is 10.5 Å². The average molecular weight is 470 g/mol. The minimum atomic E-state index is -0.691. The number of nitriles is 2. The van der Waals surface area contributed by atoms with Gasteiger partial charge in [0.2, 0.25) is 5.96 Å². The molecule has 0 saturated carbocycles. The zero-order chi connectivity index (χ0) is 24.9. The van der Waals surface area contributed by atoms with Crippen LogP contribution < -0.4 is 36.3 Å². The molecule has 0 radical (unpaired) electrons. The Kier molecular flexibility index (Phi) is 6.42. The van der Waals surface area contributed by atoms with Crippen LogP contribution in [-0.4, -0.2) is 25.2 Å². The van der Waals surface area contributed by atoms with E-state index < -0.39 is 6.04 Å². The fourth-order valence-corrected chi connectivity index (χ4v) is 3.72. The molecule has 4 rings (SSSR count). The number of nitrogens with zero attached hydrogens (tertiary/aromatic N) is 4. The van der Waals surface area contributed by atoms with Gasteiger partial charge >= 0.3 is 0 Å². The van der Waals surface area contributed by atoms with Gasteiger partial charge < -0.3 is 31.0 Å². The Hall–Kier alpha value is -5.16. The molecule has 0 saturated heterocycles. The number of ether oxygens (including phenoxy) is 3. The van der Waals surface area contributed by atoms with E-state index in [1.165, 1.54) is 7.11 Å². The molecule has 6 N–H and O–H groups in total. The number of nitrogen functional groups attached to an aromatic ring is 2. The van der Waals surface area contributed by atoms with Gasteiger partial charge in [0.05, 0.1) is 19.9 Å². The molecule has 0 aliphatic carbocycles. The molecule has 2 heterocycles. The molecule has 0 bridgehead atoms. The molecule has 3 aromatic rings. The fourth-order valence-electron chi connectivity index (χ4n) is 3.72. The van der Waals surface area contributed by atoms with Crippen LogP contribution in [0.4, 0.5) is 17.3 Å². The molecule has 11 nitrogen and oxygen atoms in total. The average Bonchev–Trinajstić information content (AvgIpc) is 2.87. The molecule has 1 aromatic heterocycles. The number of aliphatic imine (C=N–C) groups is 1. The Morgan fingerprint density at radius 2 is 1.91 bits per heavy atom. The number of fused-ring (bicyclic) bond motifs is 1. The number of pyridine rings is 1. The van der Waals surface area contributed by atoms with Crippen molar-refractivity contribution in [2.75, 3.05) is 31.0 Å². The van der Waals surface area contributed by atoms with Crippen LogP contribution in [0, 0.1) is 22.8 Å². The molecule has 0 spiro atoms. The second kappa shape index (κ2) is 9.77. The standard InChI is InChI=1S/C24H22N8O3/c1-33-15-5-3-4-13(8-15)11-35-17-7-6-14(9-18(17)34-2)21-19-20(27)16(10-25)22(28)31-23(19)32-24(30-21)29-12-26/h3-9,21H,11H2,1-2H3,(H6,27,28,29,30,31,32). The fraction of sp³-hybridized carbons (Fsp3) is 0.167. The molecular formula is C24H22N8O3. The van der Waals surface area contributed by atoms with Crippen LogP contribution in [0.2, 0.25) is 0 Å². The summed E-state index contributed by atoms with van der Waals surface area (Å²) < 4.78 is 16.8. The van der Waals surface area contributed by atoms with Crippen molar-refractivity contribution in [1.82, 2.24) is 10.3 Å². The van der Waals surface area contributed by atoms with E-state index in [1.807, 2.05) is 36.5 Å². The predicted octanol–water partition coefficient (Wildman–Crippen LogP) is 2.66. The van der Waals surface area contributed by atoms with E-state index >= 15 is 0 Å². The summed E-state index contributed by atoms with van der Waals surface area (Å²) in [5.41, 5.74) is 14.5. The van der Waals surface area contributed by atoms with Gasteiger partial charge in [-0.15, -0.1) is 0 Å². The SMILES string of the molecule is COc1cccc(COc2ccc(C3N=C(NC#N)Nc4nc(N)c(C#N)c(N)c43)cc2OC)c1. The third-order valence-electron chi connectivity index (χ3n) is 5.39. The lowest BCUT2D eigenvalue weighted by atomic mass is 9.95. The normalized spacial score (nSPS) is 13.8. The summed E-state index contributed by atoms with van der Waals surface area (Å²) in [6.45, 7) is 0.305. The summed E-state index contributed by atoms with van der Waals surface area (Å²) in [6, 6.07) is 14.2. The molecule has 11 heteroatoms. The van der Waals surface area contributed by atoms with E-state index in [0.717, 1.165) is 11.3 Å². The van der Waals surface area contributed by atoms with E-state index in [-0.39, 0.29) is 23.0 Å². The molecular weight excluding hydrogens is 448 g/mol. The quantitative estimate of drug-likeness (QED) is 0.309. The minimum Gasteiger partial charge on any atom is -0.497 e. The van der Waals surface area contributed by atoms with Gasteiger partial charge in [-0.3, -0.25) is 5.32 Å². The van der Waals surface area contributed by atoms with E-state index in [0.29, 0.717) is 35.1 Å². The van der Waals surface area contributed by atoms with Crippen LogP contribution in [0.25, 0.3) is 0 Å². The smallest absolute Gasteiger partial charge is 0.211 e. The van der Waals surface area contributed by atoms with Crippen LogP contribution in [0.5, 0.6) is 17.2 Å². The summed E-state index contributed by atoms with van der Waals surface area (Å²) >= 11 is 0. The van der Waals surface area contributed by atoms with Gasteiger partial charge in [-0.25, -0.2) is 9.98 Å². The topological polar surface area (TPSA) is 177 Å². The molecule has 1 unspecified atom stereocenters. The summed E-state index contributed by atoms with van der Waals surface area (Å²) in [5, 5.41) is 23.9. The number of aromatic nitrogens is 1. The summed E-state index contributed by atoms with van der Waals surface area (Å²) in [4.78, 5) is 8.82. The summed E-state index contributed by atoms with van der Waals surface area (Å²) in [7, 11) is 3.14. The maximum absolute atomic E-state index is 9.49. The predicted molar refractivity (Wildman–Crippen MR) is 130 cm³/mol. The Morgan fingerprint density at radius 3 is 2.63 bits per heavy atom. The molecule has 1 atom stereocenters. The minimum absolute atomic E-state index is 0.0212. The van der Waals surface area contributed by atoms with Crippen LogP contribution in [0.3, 0.4) is 0 Å². The Bertz CT molecular complexity index is 1390. The lowest BCUT2D eigenvalue weighted by Gasteiger charge is -2.26. The highest BCUT2D eigenvalue weighted by molar-refractivity contribution is 5.98. The third kappa shape index (κ3) is 4.51. The molecule has 0 amide bonds. The number of benzene rings is 2. The number of nitrogens with one attached hydrogen (secondary N) is 2. The highest BCUT2D eigenvalue weighted by Crippen LogP contribution is 2.42. The molecule has 1 aliphatic rings. The zero-order valence-electron chi connectivity index (χ0n) is 19.0. The third-order valence-corrected chi connectivity index (χ3v) is 5.39. The number of rotatable bonds is 6. The maximum Gasteiger partial charge on any atom is 0.211 e. The van der Waals surface area contributed by atoms with Crippen molar-refractivity contribution in [3.05, 3.63) is 64.7 Å². The monoisotopic (exact) mass is 470 g/mol. The number of guanidine groups is 1. The lowest BCUT2D eigenvalue weighted by molar-refractivity contribution is 0.283. The van der Waals surface area contributed by atoms with Crippen molar-refractivity contribution in [3.63, 3.8) is 0 Å². The number of nitrogens with two attached hydrogens (primary N) is 2. The van der Waals surface area contributed by atoms with Crippen molar-refractivity contribution >= 4 is 23.3 Å². The molecule has 35 heavy (non-hydrogen) atoms. The molecule has 0 fully saturated rings. The largest absolute Gasteiger partial charge is 0.497 e. The Labute approximate surface area is 201 Å². The maximum atomic E-state index is 9.49. The Balaban J connectivity index is 1.71. The van der Waals surface area contributed by atoms with Crippen molar-refractivity contribution in [2.24, 2.45) is 4.99 Å². The van der Waals surface area contributed by atoms with Crippen LogP contribution in [-0.2, 0) is 6.61 Å². The number of anilines is 3.